The largest absolute Gasteiger partial charge is 0.507 e. The Kier molecular flexibility index (Phi) is 8.04. The van der Waals surface area contributed by atoms with Crippen molar-refractivity contribution in [1.82, 2.24) is 15.0 Å². The van der Waals surface area contributed by atoms with Gasteiger partial charge in [0.15, 0.2) is 17.5 Å². The number of carbonyl (C=O) groups is 2. The third-order valence-corrected chi connectivity index (χ3v) is 6.08. The van der Waals surface area contributed by atoms with Gasteiger partial charge in [-0.15, -0.1) is 0 Å². The first-order valence-corrected chi connectivity index (χ1v) is 12.6. The van der Waals surface area contributed by atoms with Crippen LogP contribution in [-0.4, -0.2) is 38.1 Å². The average molecular weight is 526 g/mol. The molecule has 200 valence electrons. The van der Waals surface area contributed by atoms with E-state index < -0.39 is 12.3 Å². The number of carbonyl (C=O) groups excluding carboxylic acids is 2. The summed E-state index contributed by atoms with van der Waals surface area (Å²) >= 11 is 0. The van der Waals surface area contributed by atoms with Crippen molar-refractivity contribution in [2.24, 2.45) is 0 Å². The number of aromatic nitrogens is 3. The van der Waals surface area contributed by atoms with Gasteiger partial charge >= 0.3 is 5.97 Å². The van der Waals surface area contributed by atoms with Crippen molar-refractivity contribution in [2.75, 3.05) is 0 Å². The summed E-state index contributed by atoms with van der Waals surface area (Å²) < 4.78 is 10.7. The Morgan fingerprint density at radius 1 is 0.769 bits per heavy atom. The lowest BCUT2D eigenvalue weighted by Gasteiger charge is -2.16. The van der Waals surface area contributed by atoms with E-state index in [1.807, 2.05) is 52.0 Å². The number of aryl methyl sites for hydroxylation is 4. The summed E-state index contributed by atoms with van der Waals surface area (Å²) in [6.45, 7) is 10.9. The number of phenols is 1. The Bertz CT molecular complexity index is 1490. The van der Waals surface area contributed by atoms with E-state index in [1.54, 1.807) is 12.1 Å². The second-order valence-corrected chi connectivity index (χ2v) is 9.68. The van der Waals surface area contributed by atoms with Gasteiger partial charge in [0.2, 0.25) is 6.29 Å². The molecule has 0 saturated carbocycles. The molecule has 3 aromatic carbocycles. The van der Waals surface area contributed by atoms with Crippen LogP contribution in [0.5, 0.6) is 11.5 Å². The summed E-state index contributed by atoms with van der Waals surface area (Å²) in [5.41, 5.74) is 6.46. The molecule has 0 radical (unpaired) electrons. The molecule has 1 atom stereocenters. The zero-order valence-electron chi connectivity index (χ0n) is 22.9. The number of ether oxygens (including phenoxy) is 2. The normalized spacial score (nSPS) is 11.6. The number of nitrogens with zero attached hydrogens (tertiary/aromatic N) is 3. The molecule has 1 heterocycles. The first-order valence-electron chi connectivity index (χ1n) is 12.6. The number of aromatic hydroxyl groups is 1. The number of rotatable bonds is 8. The van der Waals surface area contributed by atoms with E-state index in [-0.39, 0.29) is 23.7 Å². The first-order chi connectivity index (χ1) is 18.5. The van der Waals surface area contributed by atoms with Crippen LogP contribution in [0.3, 0.4) is 0 Å². The van der Waals surface area contributed by atoms with Crippen molar-refractivity contribution in [3.05, 3.63) is 76.9 Å². The van der Waals surface area contributed by atoms with Crippen LogP contribution in [0.15, 0.2) is 54.6 Å². The lowest BCUT2D eigenvalue weighted by molar-refractivity contribution is -0.162. The zero-order valence-corrected chi connectivity index (χ0v) is 22.9. The van der Waals surface area contributed by atoms with Crippen LogP contribution in [-0.2, 0) is 14.3 Å². The molecular formula is C31H31N3O5. The third kappa shape index (κ3) is 6.65. The maximum absolute atomic E-state index is 11.7. The number of ketones is 1. The second kappa shape index (κ2) is 11.4. The van der Waals surface area contributed by atoms with E-state index >= 15 is 0 Å². The van der Waals surface area contributed by atoms with Gasteiger partial charge in [-0.3, -0.25) is 9.59 Å². The minimum atomic E-state index is -0.952. The zero-order chi connectivity index (χ0) is 28.3. The molecule has 0 amide bonds. The van der Waals surface area contributed by atoms with Crippen molar-refractivity contribution in [3.8, 4) is 45.7 Å². The Morgan fingerprint density at radius 2 is 1.26 bits per heavy atom. The lowest BCUT2D eigenvalue weighted by Crippen LogP contribution is -2.22. The first kappa shape index (κ1) is 27.4. The fourth-order valence-electron chi connectivity index (χ4n) is 4.29. The van der Waals surface area contributed by atoms with Crippen molar-refractivity contribution in [2.45, 2.75) is 54.3 Å². The highest BCUT2D eigenvalue weighted by Gasteiger charge is 2.18. The smallest absolute Gasteiger partial charge is 0.316 e. The minimum absolute atomic E-state index is 0.112. The predicted molar refractivity (Wildman–Crippen MR) is 148 cm³/mol. The summed E-state index contributed by atoms with van der Waals surface area (Å²) in [6, 6.07) is 16.8. The quantitative estimate of drug-likeness (QED) is 0.168. The van der Waals surface area contributed by atoms with Crippen LogP contribution in [0.25, 0.3) is 34.2 Å². The molecule has 4 rings (SSSR count). The summed E-state index contributed by atoms with van der Waals surface area (Å²) in [6.07, 6.45) is -1.28. The molecule has 1 aromatic heterocycles. The number of hydrogen-bond acceptors (Lipinski definition) is 8. The van der Waals surface area contributed by atoms with Crippen molar-refractivity contribution in [1.29, 1.82) is 0 Å². The SMILES string of the molecule is CC(=O)CC(=O)OC(C)Oc1ccc(-c2nc(-c3ccc(C)cc3C)nc(-c3ccc(C)cc3C)n2)c(O)c1. The molecule has 39 heavy (non-hydrogen) atoms. The number of Topliss-reactive ketones (excluding diaryl/α,β-unsaturated/α-hetero) is 1. The maximum atomic E-state index is 11.7. The molecule has 4 aromatic rings. The van der Waals surface area contributed by atoms with Crippen LogP contribution in [0.2, 0.25) is 0 Å². The third-order valence-electron chi connectivity index (χ3n) is 6.08. The van der Waals surface area contributed by atoms with Crippen LogP contribution in [0.1, 0.15) is 42.5 Å². The molecule has 0 saturated heterocycles. The van der Waals surface area contributed by atoms with Crippen LogP contribution in [0.4, 0.5) is 0 Å². The van der Waals surface area contributed by atoms with E-state index in [1.165, 1.54) is 19.9 Å². The number of esters is 1. The van der Waals surface area contributed by atoms with Gasteiger partial charge < -0.3 is 14.6 Å². The number of benzene rings is 3. The van der Waals surface area contributed by atoms with Gasteiger partial charge in [0.1, 0.15) is 23.7 Å². The van der Waals surface area contributed by atoms with E-state index in [0.717, 1.165) is 33.4 Å². The van der Waals surface area contributed by atoms with Crippen LogP contribution in [0, 0.1) is 27.7 Å². The van der Waals surface area contributed by atoms with Crippen molar-refractivity contribution >= 4 is 11.8 Å². The van der Waals surface area contributed by atoms with E-state index in [9.17, 15) is 14.7 Å². The maximum Gasteiger partial charge on any atom is 0.316 e. The fourth-order valence-corrected chi connectivity index (χ4v) is 4.29. The Labute approximate surface area is 227 Å². The standard InChI is InChI=1S/C31H31N3O5/c1-17-7-10-24(19(3)13-17)29-32-30(25-11-8-18(2)14-20(25)4)34-31(33-29)26-12-9-23(16-27(26)36)38-22(6)39-28(37)15-21(5)35/h7-14,16,22,36H,15H2,1-6H3. The molecule has 8 nitrogen and oxygen atoms in total. The van der Waals surface area contributed by atoms with Crippen LogP contribution >= 0.6 is 0 Å². The van der Waals surface area contributed by atoms with Gasteiger partial charge in [0.05, 0.1) is 5.56 Å². The molecule has 0 bridgehead atoms. The number of phenolic OH excluding ortho intramolecular Hbond substituents is 1. The molecule has 0 aliphatic heterocycles. The van der Waals surface area contributed by atoms with E-state index in [4.69, 9.17) is 24.4 Å². The van der Waals surface area contributed by atoms with Gasteiger partial charge in [-0.25, -0.2) is 15.0 Å². The minimum Gasteiger partial charge on any atom is -0.507 e. The summed E-state index contributed by atoms with van der Waals surface area (Å²) in [7, 11) is 0. The highest BCUT2D eigenvalue weighted by Crippen LogP contribution is 2.34. The number of hydrogen-bond donors (Lipinski definition) is 1. The Balaban J connectivity index is 1.73. The van der Waals surface area contributed by atoms with Crippen molar-refractivity contribution in [3.63, 3.8) is 0 Å². The fraction of sp³-hybridized carbons (Fsp3) is 0.258. The predicted octanol–water partition coefficient (Wildman–Crippen LogP) is 6.06. The van der Waals surface area contributed by atoms with E-state index in [0.29, 0.717) is 23.0 Å². The Morgan fingerprint density at radius 3 is 1.72 bits per heavy atom. The molecule has 1 N–H and O–H groups in total. The molecule has 0 aliphatic rings. The van der Waals surface area contributed by atoms with Crippen molar-refractivity contribution < 1.29 is 24.2 Å². The Hall–Kier alpha value is -4.59. The van der Waals surface area contributed by atoms with Gasteiger partial charge in [0, 0.05) is 24.1 Å². The molecule has 0 aliphatic carbocycles. The second-order valence-electron chi connectivity index (χ2n) is 9.68. The summed E-state index contributed by atoms with van der Waals surface area (Å²) in [5, 5.41) is 10.9. The summed E-state index contributed by atoms with van der Waals surface area (Å²) in [5.74, 6) is 0.485. The summed E-state index contributed by atoms with van der Waals surface area (Å²) in [4.78, 5) is 37.1. The average Bonchev–Trinajstić information content (AvgIpc) is 2.83. The topological polar surface area (TPSA) is 112 Å². The lowest BCUT2D eigenvalue weighted by atomic mass is 10.0. The van der Waals surface area contributed by atoms with Gasteiger partial charge in [-0.05, 0) is 57.9 Å². The van der Waals surface area contributed by atoms with Gasteiger partial charge in [-0.1, -0.05) is 47.5 Å². The van der Waals surface area contributed by atoms with E-state index in [2.05, 4.69) is 12.1 Å². The molecule has 0 spiro atoms. The molecular weight excluding hydrogens is 494 g/mol. The molecule has 0 fully saturated rings. The van der Waals surface area contributed by atoms with Crippen LogP contribution < -0.4 is 4.74 Å². The highest BCUT2D eigenvalue weighted by molar-refractivity contribution is 5.94. The molecule has 1 unspecified atom stereocenters. The molecule has 8 heteroatoms. The van der Waals surface area contributed by atoms with Gasteiger partial charge in [-0.2, -0.15) is 0 Å². The highest BCUT2D eigenvalue weighted by atomic mass is 16.7. The van der Waals surface area contributed by atoms with Gasteiger partial charge in [0.25, 0.3) is 0 Å². The monoisotopic (exact) mass is 525 g/mol.